The van der Waals surface area contributed by atoms with Crippen molar-refractivity contribution in [3.05, 3.63) is 81.4 Å². The Bertz CT molecular complexity index is 1320. The number of nitrogens with zero attached hydrogens (tertiary/aromatic N) is 3. The lowest BCUT2D eigenvalue weighted by Crippen LogP contribution is -2.72. The maximum atomic E-state index is 13.6. The topological polar surface area (TPSA) is 72.7 Å². The lowest BCUT2D eigenvalue weighted by atomic mass is 9.53. The minimum atomic E-state index is -0.329. The van der Waals surface area contributed by atoms with Gasteiger partial charge in [0.2, 0.25) is 5.91 Å². The molecule has 7 heteroatoms. The number of carbonyl (C=O) groups excluding carboxylic acids is 1. The van der Waals surface area contributed by atoms with E-state index >= 15 is 0 Å². The fourth-order valence-corrected chi connectivity index (χ4v) is 9.29. The molecule has 0 radical (unpaired) electrons. The van der Waals surface area contributed by atoms with Crippen molar-refractivity contribution in [3.8, 4) is 0 Å². The molecule has 1 unspecified atom stereocenters. The first-order chi connectivity index (χ1) is 17.0. The fraction of sp³-hybridized carbons (Fsp3) is 0.464. The number of piperidine rings is 2. The molecule has 4 fully saturated rings. The van der Waals surface area contributed by atoms with Crippen LogP contribution in [0.5, 0.6) is 0 Å². The smallest absolute Gasteiger partial charge is 0.269 e. The molecule has 5 aliphatic heterocycles. The molecule has 1 saturated carbocycles. The summed E-state index contributed by atoms with van der Waals surface area (Å²) in [7, 11) is 0. The molecule has 8 rings (SSSR count). The van der Waals surface area contributed by atoms with Crippen LogP contribution in [0.1, 0.15) is 30.4 Å². The number of amides is 1. The molecule has 1 amide bonds. The lowest BCUT2D eigenvalue weighted by molar-refractivity contribution is -0.955. The van der Waals surface area contributed by atoms with Gasteiger partial charge >= 0.3 is 0 Å². The van der Waals surface area contributed by atoms with Crippen molar-refractivity contribution in [2.24, 2.45) is 11.8 Å². The van der Waals surface area contributed by atoms with E-state index in [1.54, 1.807) is 12.1 Å². The second-order valence-electron chi connectivity index (χ2n) is 11.5. The van der Waals surface area contributed by atoms with Gasteiger partial charge in [0, 0.05) is 42.1 Å². The Hall–Kier alpha value is -3.03. The van der Waals surface area contributed by atoms with E-state index in [0.717, 1.165) is 48.2 Å². The van der Waals surface area contributed by atoms with Gasteiger partial charge in [-0.15, -0.1) is 0 Å². The predicted molar refractivity (Wildman–Crippen MR) is 129 cm³/mol. The van der Waals surface area contributed by atoms with E-state index in [-0.39, 0.29) is 34.1 Å². The number of benzene rings is 2. The predicted octanol–water partition coefficient (Wildman–Crippen LogP) is 3.72. The van der Waals surface area contributed by atoms with Gasteiger partial charge in [-0.3, -0.25) is 14.9 Å². The minimum Gasteiger partial charge on any atom is -0.373 e. The third-order valence-electron chi connectivity index (χ3n) is 10.4. The van der Waals surface area contributed by atoms with E-state index in [2.05, 4.69) is 35.2 Å². The SMILES string of the molecule is O=C1C[C@@H]2OCC=C3C[N+]4(Cc5ccc([N+](=O)[O-])cc5)CC[C@@]56c7ccccc7N1[C@H]5[C@H]2[C@H]3C[C@H]64. The highest BCUT2D eigenvalue weighted by Gasteiger charge is 2.75. The summed E-state index contributed by atoms with van der Waals surface area (Å²) in [5, 5.41) is 11.2. The number of hydrogen-bond acceptors (Lipinski definition) is 4. The van der Waals surface area contributed by atoms with Gasteiger partial charge in [0.25, 0.3) is 5.69 Å². The van der Waals surface area contributed by atoms with E-state index in [9.17, 15) is 14.9 Å². The van der Waals surface area contributed by atoms with Crippen molar-refractivity contribution < 1.29 is 18.9 Å². The molecule has 3 saturated heterocycles. The number of nitro groups is 1. The minimum absolute atomic E-state index is 0.00455. The summed E-state index contributed by atoms with van der Waals surface area (Å²) in [6, 6.07) is 16.4. The first-order valence-electron chi connectivity index (χ1n) is 12.8. The zero-order valence-electron chi connectivity index (χ0n) is 19.5. The van der Waals surface area contributed by atoms with Gasteiger partial charge in [-0.1, -0.05) is 24.3 Å². The maximum Gasteiger partial charge on any atom is 0.269 e. The number of nitro benzene ring substituents is 1. The van der Waals surface area contributed by atoms with Crippen LogP contribution in [-0.4, -0.2) is 53.2 Å². The number of para-hydroxylation sites is 1. The molecule has 1 spiro atoms. The molecule has 2 aromatic rings. The summed E-state index contributed by atoms with van der Waals surface area (Å²) in [6.07, 6.45) is 5.01. The molecular formula is C28H28N3O4+. The Labute approximate surface area is 203 Å². The molecule has 1 aliphatic carbocycles. The molecule has 178 valence electrons. The van der Waals surface area contributed by atoms with E-state index in [1.807, 2.05) is 12.1 Å². The van der Waals surface area contributed by atoms with Crippen molar-refractivity contribution in [1.82, 2.24) is 0 Å². The molecular weight excluding hydrogens is 442 g/mol. The van der Waals surface area contributed by atoms with Crippen LogP contribution >= 0.6 is 0 Å². The third kappa shape index (κ3) is 2.36. The molecule has 0 N–H and O–H groups in total. The van der Waals surface area contributed by atoms with Crippen LogP contribution in [0.2, 0.25) is 0 Å². The Morgan fingerprint density at radius 1 is 1.17 bits per heavy atom. The van der Waals surface area contributed by atoms with Gasteiger partial charge in [0.1, 0.15) is 19.1 Å². The van der Waals surface area contributed by atoms with Crippen LogP contribution in [0.3, 0.4) is 0 Å². The molecule has 0 aromatic heterocycles. The van der Waals surface area contributed by atoms with Crippen LogP contribution in [0.4, 0.5) is 11.4 Å². The number of quaternary nitrogens is 1. The molecule has 7 nitrogen and oxygen atoms in total. The maximum absolute atomic E-state index is 13.6. The zero-order chi connectivity index (χ0) is 23.5. The number of non-ortho nitro benzene ring substituents is 1. The molecule has 2 aromatic carbocycles. The second kappa shape index (κ2) is 6.59. The summed E-state index contributed by atoms with van der Waals surface area (Å²) in [5.74, 6) is 1.03. The second-order valence-corrected chi connectivity index (χ2v) is 11.5. The summed E-state index contributed by atoms with van der Waals surface area (Å²) >= 11 is 0. The first-order valence-corrected chi connectivity index (χ1v) is 12.8. The third-order valence-corrected chi connectivity index (χ3v) is 10.4. The van der Waals surface area contributed by atoms with Crippen molar-refractivity contribution >= 4 is 17.3 Å². The number of hydrogen-bond donors (Lipinski definition) is 0. The van der Waals surface area contributed by atoms with Crippen LogP contribution < -0.4 is 4.90 Å². The van der Waals surface area contributed by atoms with Gasteiger partial charge in [0.05, 0.1) is 42.1 Å². The van der Waals surface area contributed by atoms with Gasteiger partial charge in [-0.2, -0.15) is 0 Å². The van der Waals surface area contributed by atoms with E-state index in [4.69, 9.17) is 4.74 Å². The number of rotatable bonds is 3. The zero-order valence-corrected chi connectivity index (χ0v) is 19.5. The monoisotopic (exact) mass is 470 g/mol. The first kappa shape index (κ1) is 20.2. The van der Waals surface area contributed by atoms with E-state index < -0.39 is 0 Å². The summed E-state index contributed by atoms with van der Waals surface area (Å²) < 4.78 is 7.36. The lowest BCUT2D eigenvalue weighted by Gasteiger charge is -2.60. The molecule has 2 bridgehead atoms. The number of ether oxygens (including phenoxy) is 1. The van der Waals surface area contributed by atoms with Gasteiger partial charge in [0.15, 0.2) is 0 Å². The van der Waals surface area contributed by atoms with Gasteiger partial charge in [-0.25, -0.2) is 0 Å². The molecule has 7 atom stereocenters. The van der Waals surface area contributed by atoms with E-state index in [0.29, 0.717) is 30.9 Å². The van der Waals surface area contributed by atoms with Gasteiger partial charge < -0.3 is 14.1 Å². The van der Waals surface area contributed by atoms with E-state index in [1.165, 1.54) is 11.1 Å². The van der Waals surface area contributed by atoms with Crippen LogP contribution in [-0.2, 0) is 21.5 Å². The summed E-state index contributed by atoms with van der Waals surface area (Å²) in [6.45, 7) is 3.54. The van der Waals surface area contributed by atoms with Crippen LogP contribution in [0, 0.1) is 22.0 Å². The highest BCUT2D eigenvalue weighted by molar-refractivity contribution is 5.99. The molecule has 5 heterocycles. The summed E-state index contributed by atoms with van der Waals surface area (Å²) in [5.41, 5.74) is 5.24. The number of anilines is 1. The van der Waals surface area contributed by atoms with Crippen molar-refractivity contribution in [2.45, 2.75) is 49.4 Å². The van der Waals surface area contributed by atoms with Crippen molar-refractivity contribution in [3.63, 3.8) is 0 Å². The fourth-order valence-electron chi connectivity index (χ4n) is 9.29. The van der Waals surface area contributed by atoms with Gasteiger partial charge in [-0.05, 0) is 35.3 Å². The Morgan fingerprint density at radius 2 is 2.00 bits per heavy atom. The van der Waals surface area contributed by atoms with Crippen LogP contribution in [0.25, 0.3) is 0 Å². The normalized spacial score (nSPS) is 39.7. The number of fused-ring (bicyclic) bond motifs is 2. The van der Waals surface area contributed by atoms with Crippen molar-refractivity contribution in [2.75, 3.05) is 24.6 Å². The average Bonchev–Trinajstić information content (AvgIpc) is 3.29. The standard InChI is InChI=1S/C28H28N3O4/c32-25-14-23-26-20-13-24-28(21-3-1-2-4-22(21)29(25)27(26)28)10-11-31(24,16-18(20)9-12-35-23)15-17-5-7-19(8-6-17)30(33)34/h1-9,20,23-24,26-27H,10-16H2/q+1/t20-,23-,24+,26-,27-,28-,31?/m0/s1. The quantitative estimate of drug-likeness (QED) is 0.297. The molecule has 6 aliphatic rings. The highest BCUT2D eigenvalue weighted by atomic mass is 16.6. The highest BCUT2D eigenvalue weighted by Crippen LogP contribution is 2.67. The molecule has 35 heavy (non-hydrogen) atoms. The average molecular weight is 471 g/mol. The summed E-state index contributed by atoms with van der Waals surface area (Å²) in [4.78, 5) is 26.6. The van der Waals surface area contributed by atoms with Crippen LogP contribution in [0.15, 0.2) is 60.2 Å². The van der Waals surface area contributed by atoms with Crippen molar-refractivity contribution in [1.29, 1.82) is 0 Å². The Morgan fingerprint density at radius 3 is 2.83 bits per heavy atom. The largest absolute Gasteiger partial charge is 0.373 e. The number of carbonyl (C=O) groups is 1. The Balaban J connectivity index is 1.31. The Kier molecular flexibility index (Phi) is 3.80.